The zero-order valence-electron chi connectivity index (χ0n) is 13.8. The van der Waals surface area contributed by atoms with E-state index in [1.807, 2.05) is 44.2 Å². The largest absolute Gasteiger partial charge is 0.372 e. The van der Waals surface area contributed by atoms with Crippen molar-refractivity contribution in [2.24, 2.45) is 0 Å². The number of aryl methyl sites for hydroxylation is 2. The van der Waals surface area contributed by atoms with Crippen molar-refractivity contribution in [3.8, 4) is 0 Å². The van der Waals surface area contributed by atoms with Gasteiger partial charge in [-0.05, 0) is 63.6 Å². The number of hydrogen-bond acceptors (Lipinski definition) is 2. The van der Waals surface area contributed by atoms with Crippen LogP contribution in [-0.2, 0) is 0 Å². The van der Waals surface area contributed by atoms with Crippen LogP contribution < -0.4 is 10.2 Å². The van der Waals surface area contributed by atoms with E-state index in [9.17, 15) is 4.79 Å². The van der Waals surface area contributed by atoms with Crippen LogP contribution >= 0.6 is 0 Å². The van der Waals surface area contributed by atoms with Crippen molar-refractivity contribution in [2.75, 3.05) is 23.3 Å². The Kier molecular flexibility index (Phi) is 5.21. The van der Waals surface area contributed by atoms with Gasteiger partial charge in [-0.2, -0.15) is 0 Å². The summed E-state index contributed by atoms with van der Waals surface area (Å²) in [6, 6.07) is 13.8. The van der Waals surface area contributed by atoms with E-state index in [4.69, 9.17) is 0 Å². The molecule has 0 aromatic heterocycles. The van der Waals surface area contributed by atoms with Gasteiger partial charge in [0, 0.05) is 30.0 Å². The van der Waals surface area contributed by atoms with Crippen LogP contribution in [0.2, 0.25) is 0 Å². The molecule has 0 atom stereocenters. The number of rotatable bonds is 5. The molecule has 0 unspecified atom stereocenters. The van der Waals surface area contributed by atoms with Crippen molar-refractivity contribution < 1.29 is 4.79 Å². The summed E-state index contributed by atoms with van der Waals surface area (Å²) in [7, 11) is 0. The van der Waals surface area contributed by atoms with Crippen molar-refractivity contribution in [2.45, 2.75) is 27.7 Å². The molecule has 3 heteroatoms. The van der Waals surface area contributed by atoms with Crippen LogP contribution in [0.25, 0.3) is 0 Å². The summed E-state index contributed by atoms with van der Waals surface area (Å²) >= 11 is 0. The molecule has 2 rings (SSSR count). The summed E-state index contributed by atoms with van der Waals surface area (Å²) in [4.78, 5) is 14.6. The van der Waals surface area contributed by atoms with Gasteiger partial charge in [-0.25, -0.2) is 0 Å². The number of benzene rings is 2. The third-order valence-corrected chi connectivity index (χ3v) is 3.87. The SMILES string of the molecule is CCN(CC)c1ccc(NC(=O)c2cccc(C)c2)c(C)c1. The lowest BCUT2D eigenvalue weighted by Gasteiger charge is -2.22. The fourth-order valence-electron chi connectivity index (χ4n) is 2.55. The Morgan fingerprint density at radius 1 is 1.05 bits per heavy atom. The Morgan fingerprint density at radius 3 is 2.36 bits per heavy atom. The molecule has 0 saturated carbocycles. The quantitative estimate of drug-likeness (QED) is 0.887. The molecule has 1 N–H and O–H groups in total. The molecule has 0 saturated heterocycles. The highest BCUT2D eigenvalue weighted by atomic mass is 16.1. The summed E-state index contributed by atoms with van der Waals surface area (Å²) in [5.41, 5.74) is 4.90. The van der Waals surface area contributed by atoms with Crippen molar-refractivity contribution in [1.29, 1.82) is 0 Å². The Hall–Kier alpha value is -2.29. The van der Waals surface area contributed by atoms with Crippen LogP contribution in [0.5, 0.6) is 0 Å². The van der Waals surface area contributed by atoms with E-state index < -0.39 is 0 Å². The molecule has 2 aromatic rings. The fraction of sp³-hybridized carbons (Fsp3) is 0.316. The van der Waals surface area contributed by atoms with Crippen LogP contribution in [0.3, 0.4) is 0 Å². The maximum atomic E-state index is 12.3. The second-order valence-electron chi connectivity index (χ2n) is 5.50. The Balaban J connectivity index is 2.18. The first kappa shape index (κ1) is 16.1. The van der Waals surface area contributed by atoms with Gasteiger partial charge in [0.25, 0.3) is 5.91 Å². The van der Waals surface area contributed by atoms with Gasteiger partial charge >= 0.3 is 0 Å². The van der Waals surface area contributed by atoms with E-state index in [0.29, 0.717) is 5.56 Å². The van der Waals surface area contributed by atoms with E-state index >= 15 is 0 Å². The molecule has 0 aliphatic heterocycles. The third kappa shape index (κ3) is 3.67. The molecule has 116 valence electrons. The zero-order valence-corrected chi connectivity index (χ0v) is 13.8. The van der Waals surface area contributed by atoms with Gasteiger partial charge in [0.15, 0.2) is 0 Å². The van der Waals surface area contributed by atoms with Crippen LogP contribution in [0, 0.1) is 13.8 Å². The maximum absolute atomic E-state index is 12.3. The number of nitrogens with zero attached hydrogens (tertiary/aromatic N) is 1. The van der Waals surface area contributed by atoms with Crippen LogP contribution in [-0.4, -0.2) is 19.0 Å². The summed E-state index contributed by atoms with van der Waals surface area (Å²) in [6.07, 6.45) is 0. The molecule has 1 amide bonds. The summed E-state index contributed by atoms with van der Waals surface area (Å²) < 4.78 is 0. The number of hydrogen-bond donors (Lipinski definition) is 1. The zero-order chi connectivity index (χ0) is 16.1. The molecule has 0 bridgehead atoms. The average molecular weight is 296 g/mol. The van der Waals surface area contributed by atoms with Gasteiger partial charge in [-0.3, -0.25) is 4.79 Å². The number of carbonyl (C=O) groups is 1. The first-order valence-corrected chi connectivity index (χ1v) is 7.78. The minimum atomic E-state index is -0.0672. The van der Waals surface area contributed by atoms with Crippen molar-refractivity contribution in [3.63, 3.8) is 0 Å². The smallest absolute Gasteiger partial charge is 0.255 e. The Bertz CT molecular complexity index is 660. The second-order valence-corrected chi connectivity index (χ2v) is 5.50. The molecule has 0 aliphatic rings. The molecule has 0 aliphatic carbocycles. The van der Waals surface area contributed by atoms with Gasteiger partial charge in [0.2, 0.25) is 0 Å². The van der Waals surface area contributed by atoms with E-state index in [1.54, 1.807) is 0 Å². The highest BCUT2D eigenvalue weighted by Crippen LogP contribution is 2.23. The lowest BCUT2D eigenvalue weighted by Crippen LogP contribution is -2.22. The topological polar surface area (TPSA) is 32.3 Å². The van der Waals surface area contributed by atoms with Crippen molar-refractivity contribution in [1.82, 2.24) is 0 Å². The highest BCUT2D eigenvalue weighted by molar-refractivity contribution is 6.04. The Morgan fingerprint density at radius 2 is 1.77 bits per heavy atom. The molecular weight excluding hydrogens is 272 g/mol. The first-order chi connectivity index (χ1) is 10.5. The van der Waals surface area contributed by atoms with E-state index in [-0.39, 0.29) is 5.91 Å². The summed E-state index contributed by atoms with van der Waals surface area (Å²) in [5.74, 6) is -0.0672. The van der Waals surface area contributed by atoms with E-state index in [0.717, 1.165) is 29.9 Å². The predicted octanol–water partition coefficient (Wildman–Crippen LogP) is 4.40. The molecule has 0 fully saturated rings. The number of amides is 1. The molecular formula is C19H24N2O. The molecule has 0 heterocycles. The van der Waals surface area contributed by atoms with Gasteiger partial charge in [0.1, 0.15) is 0 Å². The van der Waals surface area contributed by atoms with Crippen LogP contribution in [0.4, 0.5) is 11.4 Å². The highest BCUT2D eigenvalue weighted by Gasteiger charge is 2.09. The third-order valence-electron chi connectivity index (χ3n) is 3.87. The number of nitrogens with one attached hydrogen (secondary N) is 1. The molecule has 2 aromatic carbocycles. The summed E-state index contributed by atoms with van der Waals surface area (Å²) in [6.45, 7) is 10.3. The van der Waals surface area contributed by atoms with Crippen LogP contribution in [0.15, 0.2) is 42.5 Å². The van der Waals surface area contributed by atoms with Crippen molar-refractivity contribution in [3.05, 3.63) is 59.2 Å². The monoisotopic (exact) mass is 296 g/mol. The van der Waals surface area contributed by atoms with Crippen molar-refractivity contribution >= 4 is 17.3 Å². The van der Waals surface area contributed by atoms with E-state index in [1.165, 1.54) is 5.69 Å². The molecule has 3 nitrogen and oxygen atoms in total. The minimum Gasteiger partial charge on any atom is -0.372 e. The fourth-order valence-corrected chi connectivity index (χ4v) is 2.55. The average Bonchev–Trinajstić information content (AvgIpc) is 2.51. The Labute approximate surface area is 133 Å². The summed E-state index contributed by atoms with van der Waals surface area (Å²) in [5, 5.41) is 3.00. The van der Waals surface area contributed by atoms with E-state index in [2.05, 4.69) is 36.2 Å². The first-order valence-electron chi connectivity index (χ1n) is 7.78. The number of anilines is 2. The normalized spacial score (nSPS) is 10.4. The molecule has 0 spiro atoms. The van der Waals surface area contributed by atoms with Gasteiger partial charge in [-0.1, -0.05) is 17.7 Å². The molecule has 22 heavy (non-hydrogen) atoms. The van der Waals surface area contributed by atoms with Gasteiger partial charge in [0.05, 0.1) is 0 Å². The maximum Gasteiger partial charge on any atom is 0.255 e. The predicted molar refractivity (Wildman–Crippen MR) is 93.9 cm³/mol. The van der Waals surface area contributed by atoms with Gasteiger partial charge < -0.3 is 10.2 Å². The lowest BCUT2D eigenvalue weighted by atomic mass is 10.1. The second kappa shape index (κ2) is 7.12. The minimum absolute atomic E-state index is 0.0672. The van der Waals surface area contributed by atoms with Gasteiger partial charge in [-0.15, -0.1) is 0 Å². The number of carbonyl (C=O) groups excluding carboxylic acids is 1. The van der Waals surface area contributed by atoms with Crippen LogP contribution in [0.1, 0.15) is 35.3 Å². The lowest BCUT2D eigenvalue weighted by molar-refractivity contribution is 0.102. The molecule has 0 radical (unpaired) electrons. The standard InChI is InChI=1S/C19H24N2O/c1-5-21(6-2)17-10-11-18(15(4)13-17)20-19(22)16-9-7-8-14(3)12-16/h7-13H,5-6H2,1-4H3,(H,20,22).